The van der Waals surface area contributed by atoms with E-state index in [4.69, 9.17) is 11.2 Å². The Balaban J connectivity index is 1.97. The summed E-state index contributed by atoms with van der Waals surface area (Å²) in [5, 5.41) is 0. The van der Waals surface area contributed by atoms with Crippen molar-refractivity contribution >= 4 is 0 Å². The van der Waals surface area contributed by atoms with Crippen LogP contribution in [0.15, 0.2) is 48.6 Å². The molecule has 1 aliphatic rings. The molecule has 0 heterocycles. The molecule has 0 bridgehead atoms. The van der Waals surface area contributed by atoms with Crippen molar-refractivity contribution in [3.8, 4) is 12.3 Å². The maximum Gasteiger partial charge on any atom is 0.107 e. The van der Waals surface area contributed by atoms with Gasteiger partial charge in [-0.2, -0.15) is 0 Å². The smallest absolute Gasteiger partial charge is 0.107 e. The van der Waals surface area contributed by atoms with E-state index in [0.29, 0.717) is 19.1 Å². The summed E-state index contributed by atoms with van der Waals surface area (Å²) < 4.78 is 5.27. The second-order valence-electron chi connectivity index (χ2n) is 3.73. The second-order valence-corrected chi connectivity index (χ2v) is 3.73. The zero-order valence-electron chi connectivity index (χ0n) is 9.10. The third-order valence-corrected chi connectivity index (χ3v) is 2.57. The Labute approximate surface area is 96.4 Å². The number of allylic oxidation sites excluding steroid dienone is 4. The van der Waals surface area contributed by atoms with Gasteiger partial charge in [0, 0.05) is 5.92 Å². The third kappa shape index (κ3) is 2.62. The van der Waals surface area contributed by atoms with Gasteiger partial charge in [-0.05, 0) is 11.1 Å². The number of benzene rings is 1. The first kappa shape index (κ1) is 10.7. The van der Waals surface area contributed by atoms with Gasteiger partial charge < -0.3 is 4.74 Å². The number of hydrogen-bond donors (Lipinski definition) is 0. The minimum atomic E-state index is 0.371. The highest BCUT2D eigenvalue weighted by atomic mass is 16.5. The van der Waals surface area contributed by atoms with E-state index >= 15 is 0 Å². The van der Waals surface area contributed by atoms with E-state index in [1.165, 1.54) is 5.56 Å². The molecule has 0 N–H and O–H groups in total. The van der Waals surface area contributed by atoms with E-state index in [0.717, 1.165) is 5.56 Å². The highest BCUT2D eigenvalue weighted by Gasteiger charge is 2.06. The van der Waals surface area contributed by atoms with Gasteiger partial charge in [-0.1, -0.05) is 54.5 Å². The lowest BCUT2D eigenvalue weighted by molar-refractivity contribution is 0.153. The summed E-state index contributed by atoms with van der Waals surface area (Å²) in [6.07, 6.45) is 13.6. The molecule has 0 saturated heterocycles. The van der Waals surface area contributed by atoms with Crippen LogP contribution in [0.4, 0.5) is 0 Å². The molecule has 0 amide bonds. The van der Waals surface area contributed by atoms with Crippen molar-refractivity contribution in [2.45, 2.75) is 12.5 Å². The minimum absolute atomic E-state index is 0.371. The number of ether oxygens (including phenoxy) is 1. The van der Waals surface area contributed by atoms with Gasteiger partial charge in [-0.3, -0.25) is 0 Å². The second kappa shape index (κ2) is 5.34. The summed E-state index contributed by atoms with van der Waals surface area (Å²) in [5.41, 5.74) is 2.47. The average Bonchev–Trinajstić information content (AvgIpc) is 2.84. The van der Waals surface area contributed by atoms with Gasteiger partial charge in [-0.15, -0.1) is 6.42 Å². The van der Waals surface area contributed by atoms with E-state index in [9.17, 15) is 0 Å². The monoisotopic (exact) mass is 210 g/mol. The molecule has 0 unspecified atom stereocenters. The topological polar surface area (TPSA) is 9.23 Å². The van der Waals surface area contributed by atoms with Crippen LogP contribution in [-0.2, 0) is 11.3 Å². The summed E-state index contributed by atoms with van der Waals surface area (Å²) in [6, 6.07) is 8.45. The predicted octanol–water partition coefficient (Wildman–Crippen LogP) is 3.05. The summed E-state index contributed by atoms with van der Waals surface area (Å²) in [6.45, 7) is 0.955. The molecule has 0 radical (unpaired) electrons. The van der Waals surface area contributed by atoms with Crippen LogP contribution in [0.25, 0.3) is 0 Å². The van der Waals surface area contributed by atoms with E-state index < -0.39 is 0 Å². The molecule has 16 heavy (non-hydrogen) atoms. The lowest BCUT2D eigenvalue weighted by Crippen LogP contribution is -1.94. The fourth-order valence-corrected chi connectivity index (χ4v) is 1.72. The van der Waals surface area contributed by atoms with Gasteiger partial charge in [0.2, 0.25) is 0 Å². The summed E-state index contributed by atoms with van der Waals surface area (Å²) in [5.74, 6) is 2.88. The Morgan fingerprint density at radius 1 is 1.12 bits per heavy atom. The molecule has 0 atom stereocenters. The van der Waals surface area contributed by atoms with E-state index in [1.807, 2.05) is 0 Å². The minimum Gasteiger partial charge on any atom is -0.364 e. The number of rotatable bonds is 4. The highest BCUT2D eigenvalue weighted by molar-refractivity contribution is 5.36. The van der Waals surface area contributed by atoms with Crippen LogP contribution in [0.2, 0.25) is 0 Å². The van der Waals surface area contributed by atoms with Crippen LogP contribution in [0, 0.1) is 12.3 Å². The molecular weight excluding hydrogens is 196 g/mol. The molecule has 2 rings (SSSR count). The predicted molar refractivity (Wildman–Crippen MR) is 66.0 cm³/mol. The zero-order valence-corrected chi connectivity index (χ0v) is 9.10. The molecule has 0 aromatic heterocycles. The Morgan fingerprint density at radius 2 is 1.81 bits per heavy atom. The number of hydrogen-bond acceptors (Lipinski definition) is 1. The lowest BCUT2D eigenvalue weighted by Gasteiger charge is -2.07. The van der Waals surface area contributed by atoms with Crippen molar-refractivity contribution in [1.29, 1.82) is 0 Å². The van der Waals surface area contributed by atoms with Crippen LogP contribution in [-0.4, -0.2) is 6.61 Å². The van der Waals surface area contributed by atoms with E-state index in [1.54, 1.807) is 0 Å². The Kier molecular flexibility index (Phi) is 3.58. The lowest BCUT2D eigenvalue weighted by atomic mass is 10.00. The fraction of sp³-hybridized carbons (Fsp3) is 0.200. The largest absolute Gasteiger partial charge is 0.364 e. The quantitative estimate of drug-likeness (QED) is 0.548. The highest BCUT2D eigenvalue weighted by Crippen LogP contribution is 2.23. The van der Waals surface area contributed by atoms with Gasteiger partial charge in [-0.25, -0.2) is 0 Å². The SMILES string of the molecule is C#CCOCc1ccc(C2C=CC=C2)cc1. The molecular formula is C15H14O. The zero-order chi connectivity index (χ0) is 11.2. The van der Waals surface area contributed by atoms with E-state index in [-0.39, 0.29) is 0 Å². The van der Waals surface area contributed by atoms with Gasteiger partial charge in [0.15, 0.2) is 0 Å². The van der Waals surface area contributed by atoms with Crippen LogP contribution >= 0.6 is 0 Å². The van der Waals surface area contributed by atoms with Crippen molar-refractivity contribution in [2.24, 2.45) is 0 Å². The Bertz CT molecular complexity index is 419. The molecule has 1 aliphatic carbocycles. The van der Waals surface area contributed by atoms with E-state index in [2.05, 4.69) is 54.5 Å². The summed E-state index contributed by atoms with van der Waals surface area (Å²) in [7, 11) is 0. The molecule has 1 aromatic rings. The van der Waals surface area contributed by atoms with Crippen LogP contribution in [0.5, 0.6) is 0 Å². The molecule has 0 spiro atoms. The van der Waals surface area contributed by atoms with Crippen LogP contribution in [0.1, 0.15) is 17.0 Å². The summed E-state index contributed by atoms with van der Waals surface area (Å²) in [4.78, 5) is 0. The van der Waals surface area contributed by atoms with Crippen molar-refractivity contribution < 1.29 is 4.74 Å². The first-order valence-electron chi connectivity index (χ1n) is 5.35. The molecule has 0 fully saturated rings. The fourth-order valence-electron chi connectivity index (χ4n) is 1.72. The number of terminal acetylenes is 1. The molecule has 1 aromatic carbocycles. The maximum atomic E-state index is 5.27. The first-order valence-corrected chi connectivity index (χ1v) is 5.35. The third-order valence-electron chi connectivity index (χ3n) is 2.57. The molecule has 1 nitrogen and oxygen atoms in total. The molecule has 0 aliphatic heterocycles. The van der Waals surface area contributed by atoms with Crippen molar-refractivity contribution in [3.63, 3.8) is 0 Å². The van der Waals surface area contributed by atoms with Gasteiger partial charge in [0.25, 0.3) is 0 Å². The normalized spacial score (nSPS) is 14.2. The first-order chi connectivity index (χ1) is 7.90. The van der Waals surface area contributed by atoms with Gasteiger partial charge in [0.05, 0.1) is 6.61 Å². The Morgan fingerprint density at radius 3 is 2.44 bits per heavy atom. The standard InChI is InChI=1S/C15H14O/c1-2-11-16-12-13-7-9-15(10-8-13)14-5-3-4-6-14/h1,3-10,14H,11-12H2. The molecule has 1 heteroatoms. The Hall–Kier alpha value is -1.78. The van der Waals surface area contributed by atoms with Gasteiger partial charge >= 0.3 is 0 Å². The van der Waals surface area contributed by atoms with Crippen LogP contribution < -0.4 is 0 Å². The van der Waals surface area contributed by atoms with Crippen molar-refractivity contribution in [1.82, 2.24) is 0 Å². The summed E-state index contributed by atoms with van der Waals surface area (Å²) >= 11 is 0. The van der Waals surface area contributed by atoms with Crippen molar-refractivity contribution in [3.05, 3.63) is 59.7 Å². The average molecular weight is 210 g/mol. The van der Waals surface area contributed by atoms with Gasteiger partial charge in [0.1, 0.15) is 6.61 Å². The van der Waals surface area contributed by atoms with Crippen molar-refractivity contribution in [2.75, 3.05) is 6.61 Å². The molecule has 80 valence electrons. The van der Waals surface area contributed by atoms with Crippen LogP contribution in [0.3, 0.4) is 0 Å². The maximum absolute atomic E-state index is 5.27. The molecule has 0 saturated carbocycles.